The third-order valence-electron chi connectivity index (χ3n) is 3.01. The second-order valence-corrected chi connectivity index (χ2v) is 4.80. The molecule has 0 fully saturated rings. The van der Waals surface area contributed by atoms with E-state index in [0.717, 1.165) is 18.6 Å². The minimum absolute atomic E-state index is 0.0784. The molecule has 0 atom stereocenters. The lowest BCUT2D eigenvalue weighted by molar-refractivity contribution is -0.132. The molecule has 0 saturated heterocycles. The standard InChI is InChI=1S/C16H24N2O3/c1-4-6-11-18(13(3)19)12-16(20)17-14-7-9-15(10-8-14)21-5-2/h7-10H,4-6,11-12H2,1-3H3,(H,17,20). The van der Waals surface area contributed by atoms with E-state index in [-0.39, 0.29) is 18.4 Å². The highest BCUT2D eigenvalue weighted by Gasteiger charge is 2.13. The van der Waals surface area contributed by atoms with Crippen LogP contribution in [0.25, 0.3) is 0 Å². The van der Waals surface area contributed by atoms with E-state index in [4.69, 9.17) is 4.74 Å². The van der Waals surface area contributed by atoms with E-state index in [1.54, 1.807) is 29.2 Å². The molecule has 0 unspecified atom stereocenters. The van der Waals surface area contributed by atoms with Gasteiger partial charge in [0.15, 0.2) is 0 Å². The molecular weight excluding hydrogens is 268 g/mol. The van der Waals surface area contributed by atoms with Crippen molar-refractivity contribution in [2.24, 2.45) is 0 Å². The molecule has 0 aliphatic carbocycles. The van der Waals surface area contributed by atoms with Crippen LogP contribution in [0.1, 0.15) is 33.6 Å². The topological polar surface area (TPSA) is 58.6 Å². The quantitative estimate of drug-likeness (QED) is 0.801. The van der Waals surface area contributed by atoms with Crippen LogP contribution >= 0.6 is 0 Å². The predicted octanol–water partition coefficient (Wildman–Crippen LogP) is 2.67. The summed E-state index contributed by atoms with van der Waals surface area (Å²) >= 11 is 0. The first kappa shape index (κ1) is 17.0. The third kappa shape index (κ3) is 6.29. The average molecular weight is 292 g/mol. The van der Waals surface area contributed by atoms with Gasteiger partial charge in [0.2, 0.25) is 11.8 Å². The van der Waals surface area contributed by atoms with Crippen LogP contribution in [-0.2, 0) is 9.59 Å². The fourth-order valence-corrected chi connectivity index (χ4v) is 1.87. The van der Waals surface area contributed by atoms with Crippen LogP contribution in [0.3, 0.4) is 0 Å². The molecule has 5 nitrogen and oxygen atoms in total. The Morgan fingerprint density at radius 1 is 1.19 bits per heavy atom. The zero-order valence-corrected chi connectivity index (χ0v) is 13.0. The Morgan fingerprint density at radius 2 is 1.86 bits per heavy atom. The van der Waals surface area contributed by atoms with Gasteiger partial charge in [-0.15, -0.1) is 0 Å². The van der Waals surface area contributed by atoms with E-state index >= 15 is 0 Å². The maximum Gasteiger partial charge on any atom is 0.243 e. The summed E-state index contributed by atoms with van der Waals surface area (Å²) in [5.41, 5.74) is 0.697. The summed E-state index contributed by atoms with van der Waals surface area (Å²) in [6, 6.07) is 7.18. The molecule has 0 heterocycles. The van der Waals surface area contributed by atoms with Crippen molar-refractivity contribution in [2.45, 2.75) is 33.6 Å². The van der Waals surface area contributed by atoms with Crippen LogP contribution in [0.5, 0.6) is 5.75 Å². The van der Waals surface area contributed by atoms with Crippen molar-refractivity contribution in [3.63, 3.8) is 0 Å². The van der Waals surface area contributed by atoms with Crippen molar-refractivity contribution in [3.05, 3.63) is 24.3 Å². The van der Waals surface area contributed by atoms with Gasteiger partial charge in [-0.05, 0) is 37.6 Å². The summed E-state index contributed by atoms with van der Waals surface area (Å²) in [6.07, 6.45) is 1.89. The molecule has 0 saturated carbocycles. The van der Waals surface area contributed by atoms with E-state index in [0.29, 0.717) is 18.8 Å². The Balaban J connectivity index is 2.52. The number of ether oxygens (including phenoxy) is 1. The summed E-state index contributed by atoms with van der Waals surface area (Å²) < 4.78 is 5.34. The SMILES string of the molecule is CCCCN(CC(=O)Nc1ccc(OCC)cc1)C(C)=O. The molecule has 1 N–H and O–H groups in total. The molecular formula is C16H24N2O3. The number of carbonyl (C=O) groups is 2. The highest BCUT2D eigenvalue weighted by atomic mass is 16.5. The lowest BCUT2D eigenvalue weighted by Gasteiger charge is -2.20. The first-order chi connectivity index (χ1) is 10.1. The van der Waals surface area contributed by atoms with Gasteiger partial charge in [0.25, 0.3) is 0 Å². The molecule has 0 aromatic heterocycles. The second-order valence-electron chi connectivity index (χ2n) is 4.80. The van der Waals surface area contributed by atoms with Crippen LogP contribution < -0.4 is 10.1 Å². The number of hydrogen-bond donors (Lipinski definition) is 1. The Labute approximate surface area is 126 Å². The number of benzene rings is 1. The highest BCUT2D eigenvalue weighted by Crippen LogP contribution is 2.15. The maximum absolute atomic E-state index is 12.0. The summed E-state index contributed by atoms with van der Waals surface area (Å²) in [5, 5.41) is 2.78. The number of hydrogen-bond acceptors (Lipinski definition) is 3. The fraction of sp³-hybridized carbons (Fsp3) is 0.500. The minimum Gasteiger partial charge on any atom is -0.494 e. The van der Waals surface area contributed by atoms with Crippen LogP contribution in [0, 0.1) is 0 Å². The molecule has 2 amide bonds. The molecule has 0 aliphatic rings. The Kier molecular flexibility index (Phi) is 7.29. The first-order valence-corrected chi connectivity index (χ1v) is 7.35. The molecule has 0 aliphatic heterocycles. The summed E-state index contributed by atoms with van der Waals surface area (Å²) in [4.78, 5) is 25.0. The van der Waals surface area contributed by atoms with Crippen molar-refractivity contribution < 1.29 is 14.3 Å². The van der Waals surface area contributed by atoms with Crippen molar-refractivity contribution in [1.82, 2.24) is 4.90 Å². The van der Waals surface area contributed by atoms with Gasteiger partial charge in [-0.3, -0.25) is 9.59 Å². The number of carbonyl (C=O) groups excluding carboxylic acids is 2. The highest BCUT2D eigenvalue weighted by molar-refractivity contribution is 5.94. The average Bonchev–Trinajstić information content (AvgIpc) is 2.45. The zero-order chi connectivity index (χ0) is 15.7. The molecule has 1 aromatic carbocycles. The summed E-state index contributed by atoms with van der Waals surface area (Å²) in [7, 11) is 0. The monoisotopic (exact) mass is 292 g/mol. The molecule has 1 aromatic rings. The summed E-state index contributed by atoms with van der Waals surface area (Å²) in [5.74, 6) is 0.500. The van der Waals surface area contributed by atoms with Gasteiger partial charge in [-0.2, -0.15) is 0 Å². The third-order valence-corrected chi connectivity index (χ3v) is 3.01. The lowest BCUT2D eigenvalue weighted by Crippen LogP contribution is -2.37. The molecule has 0 spiro atoms. The van der Waals surface area contributed by atoms with Gasteiger partial charge in [0, 0.05) is 19.2 Å². The number of nitrogens with one attached hydrogen (secondary N) is 1. The fourth-order valence-electron chi connectivity index (χ4n) is 1.87. The van der Waals surface area contributed by atoms with E-state index in [9.17, 15) is 9.59 Å². The molecule has 21 heavy (non-hydrogen) atoms. The Hall–Kier alpha value is -2.04. The molecule has 0 radical (unpaired) electrons. The molecule has 116 valence electrons. The number of nitrogens with zero attached hydrogens (tertiary/aromatic N) is 1. The van der Waals surface area contributed by atoms with Gasteiger partial charge < -0.3 is 15.0 Å². The normalized spacial score (nSPS) is 10.0. The number of amides is 2. The van der Waals surface area contributed by atoms with E-state index in [1.165, 1.54) is 6.92 Å². The van der Waals surface area contributed by atoms with Crippen molar-refractivity contribution >= 4 is 17.5 Å². The van der Waals surface area contributed by atoms with Gasteiger partial charge >= 0.3 is 0 Å². The van der Waals surface area contributed by atoms with Crippen LogP contribution in [-0.4, -0.2) is 36.4 Å². The van der Waals surface area contributed by atoms with Gasteiger partial charge in [0.05, 0.1) is 13.2 Å². The Morgan fingerprint density at radius 3 is 2.38 bits per heavy atom. The van der Waals surface area contributed by atoms with Gasteiger partial charge in [0.1, 0.15) is 5.75 Å². The van der Waals surface area contributed by atoms with E-state index in [2.05, 4.69) is 12.2 Å². The van der Waals surface area contributed by atoms with Crippen LogP contribution in [0.2, 0.25) is 0 Å². The lowest BCUT2D eigenvalue weighted by atomic mass is 10.3. The smallest absolute Gasteiger partial charge is 0.243 e. The number of anilines is 1. The largest absolute Gasteiger partial charge is 0.494 e. The number of rotatable bonds is 8. The van der Waals surface area contributed by atoms with Crippen LogP contribution in [0.15, 0.2) is 24.3 Å². The van der Waals surface area contributed by atoms with Gasteiger partial charge in [-0.25, -0.2) is 0 Å². The number of unbranched alkanes of at least 4 members (excludes halogenated alkanes) is 1. The van der Waals surface area contributed by atoms with Crippen molar-refractivity contribution in [3.8, 4) is 5.75 Å². The zero-order valence-electron chi connectivity index (χ0n) is 13.0. The Bertz CT molecular complexity index is 457. The van der Waals surface area contributed by atoms with Crippen molar-refractivity contribution in [1.29, 1.82) is 0 Å². The summed E-state index contributed by atoms with van der Waals surface area (Å²) in [6.45, 7) is 6.77. The first-order valence-electron chi connectivity index (χ1n) is 7.35. The van der Waals surface area contributed by atoms with E-state index in [1.807, 2.05) is 6.92 Å². The van der Waals surface area contributed by atoms with Crippen LogP contribution in [0.4, 0.5) is 5.69 Å². The molecule has 1 rings (SSSR count). The predicted molar refractivity (Wildman–Crippen MR) is 83.4 cm³/mol. The molecule has 0 bridgehead atoms. The maximum atomic E-state index is 12.0. The van der Waals surface area contributed by atoms with E-state index < -0.39 is 0 Å². The second kappa shape index (κ2) is 9.00. The minimum atomic E-state index is -0.189. The molecule has 5 heteroatoms. The van der Waals surface area contributed by atoms with Gasteiger partial charge in [-0.1, -0.05) is 13.3 Å². The van der Waals surface area contributed by atoms with Crippen molar-refractivity contribution in [2.75, 3.05) is 25.0 Å².